The summed E-state index contributed by atoms with van der Waals surface area (Å²) in [4.78, 5) is 17.2. The van der Waals surface area contributed by atoms with Crippen molar-refractivity contribution in [2.75, 3.05) is 6.54 Å². The molecule has 4 fully saturated rings. The smallest absolute Gasteiger partial charge is 0.179 e. The zero-order valence-electron chi connectivity index (χ0n) is 14.1. The molecule has 0 amide bonds. The summed E-state index contributed by atoms with van der Waals surface area (Å²) in [5, 5.41) is 4.17. The maximum absolute atomic E-state index is 12.7. The van der Waals surface area contributed by atoms with Gasteiger partial charge in [0.25, 0.3) is 0 Å². The SMILES string of the molecule is O=C(CNC1C2CC3CC1CC(Br)(C3)C2)c1cnc2c(c1Cl)C=CC2. The van der Waals surface area contributed by atoms with Crippen molar-refractivity contribution in [3.05, 3.63) is 34.1 Å². The van der Waals surface area contributed by atoms with Gasteiger partial charge in [-0.2, -0.15) is 0 Å². The third-order valence-corrected chi connectivity index (χ3v) is 8.10. The zero-order valence-corrected chi connectivity index (χ0v) is 16.4. The molecule has 4 saturated carbocycles. The van der Waals surface area contributed by atoms with E-state index in [0.29, 0.717) is 39.3 Å². The zero-order chi connectivity index (χ0) is 17.2. The van der Waals surface area contributed by atoms with Crippen LogP contribution in [0.3, 0.4) is 0 Å². The fourth-order valence-electron chi connectivity index (χ4n) is 5.92. The third-order valence-electron chi connectivity index (χ3n) is 6.73. The largest absolute Gasteiger partial charge is 0.306 e. The maximum Gasteiger partial charge on any atom is 0.179 e. The second-order valence-electron chi connectivity index (χ2n) is 8.40. The first-order valence-corrected chi connectivity index (χ1v) is 10.5. The normalized spacial score (nSPS) is 37.5. The maximum atomic E-state index is 12.7. The highest BCUT2D eigenvalue weighted by Gasteiger charge is 2.54. The molecule has 2 atom stereocenters. The summed E-state index contributed by atoms with van der Waals surface area (Å²) in [6.45, 7) is 0.363. The Balaban J connectivity index is 1.29. The molecule has 4 bridgehead atoms. The lowest BCUT2D eigenvalue weighted by Gasteiger charge is -2.58. The van der Waals surface area contributed by atoms with Gasteiger partial charge in [0.2, 0.25) is 0 Å². The quantitative estimate of drug-likeness (QED) is 0.578. The van der Waals surface area contributed by atoms with Crippen LogP contribution in [0.1, 0.15) is 53.7 Å². The Kier molecular flexibility index (Phi) is 3.88. The number of nitrogens with zero attached hydrogens (tertiary/aromatic N) is 1. The van der Waals surface area contributed by atoms with E-state index in [1.165, 1.54) is 32.1 Å². The van der Waals surface area contributed by atoms with Crippen LogP contribution < -0.4 is 5.32 Å². The van der Waals surface area contributed by atoms with Crippen LogP contribution in [-0.4, -0.2) is 27.7 Å². The van der Waals surface area contributed by atoms with Crippen LogP contribution in [0.15, 0.2) is 12.3 Å². The second-order valence-corrected chi connectivity index (χ2v) is 10.5. The summed E-state index contributed by atoms with van der Waals surface area (Å²) in [6, 6.07) is 0.479. The minimum atomic E-state index is 0.0583. The van der Waals surface area contributed by atoms with Gasteiger partial charge >= 0.3 is 0 Å². The van der Waals surface area contributed by atoms with Crippen LogP contribution in [0, 0.1) is 17.8 Å². The van der Waals surface area contributed by atoms with Crippen molar-refractivity contribution >= 4 is 39.4 Å². The van der Waals surface area contributed by atoms with Crippen molar-refractivity contribution in [3.63, 3.8) is 0 Å². The molecule has 1 heterocycles. The number of fused-ring (bicyclic) bond motifs is 1. The van der Waals surface area contributed by atoms with E-state index in [1.807, 2.05) is 12.2 Å². The van der Waals surface area contributed by atoms with E-state index in [4.69, 9.17) is 11.6 Å². The molecule has 0 saturated heterocycles. The first kappa shape index (κ1) is 16.5. The van der Waals surface area contributed by atoms with Gasteiger partial charge in [-0.25, -0.2) is 0 Å². The van der Waals surface area contributed by atoms with Crippen molar-refractivity contribution < 1.29 is 4.79 Å². The van der Waals surface area contributed by atoms with Crippen LogP contribution >= 0.6 is 27.5 Å². The van der Waals surface area contributed by atoms with Crippen molar-refractivity contribution in [2.24, 2.45) is 17.8 Å². The topological polar surface area (TPSA) is 42.0 Å². The van der Waals surface area contributed by atoms with Crippen LogP contribution in [0.5, 0.6) is 0 Å². The van der Waals surface area contributed by atoms with E-state index in [2.05, 4.69) is 26.2 Å². The number of allylic oxidation sites excluding steroid dienone is 1. The van der Waals surface area contributed by atoms with E-state index >= 15 is 0 Å². The minimum absolute atomic E-state index is 0.0583. The van der Waals surface area contributed by atoms with E-state index in [9.17, 15) is 4.79 Å². The Morgan fingerprint density at radius 3 is 2.80 bits per heavy atom. The Hall–Kier alpha value is -0.710. The number of hydrogen-bond acceptors (Lipinski definition) is 3. The Morgan fingerprint density at radius 2 is 2.08 bits per heavy atom. The van der Waals surface area contributed by atoms with Gasteiger partial charge in [0.1, 0.15) is 0 Å². The molecule has 1 aromatic heterocycles. The highest BCUT2D eigenvalue weighted by atomic mass is 79.9. The molecule has 6 rings (SSSR count). The van der Waals surface area contributed by atoms with E-state index in [-0.39, 0.29) is 5.78 Å². The van der Waals surface area contributed by atoms with E-state index in [1.54, 1.807) is 6.20 Å². The van der Waals surface area contributed by atoms with Gasteiger partial charge in [0.05, 0.1) is 22.8 Å². The van der Waals surface area contributed by atoms with E-state index < -0.39 is 0 Å². The highest BCUT2D eigenvalue weighted by molar-refractivity contribution is 9.10. The first-order valence-electron chi connectivity index (χ1n) is 9.32. The number of alkyl halides is 1. The molecular weight excluding hydrogens is 400 g/mol. The number of ketones is 1. The predicted octanol–water partition coefficient (Wildman–Crippen LogP) is 4.42. The Bertz CT molecular complexity index is 761. The number of aromatic nitrogens is 1. The number of Topliss-reactive ketones (excluding diaryl/α,β-unsaturated/α-hetero) is 1. The minimum Gasteiger partial charge on any atom is -0.306 e. The number of nitrogens with one attached hydrogen (secondary N) is 1. The number of carbonyl (C=O) groups excluding carboxylic acids is 1. The van der Waals surface area contributed by atoms with Gasteiger partial charge in [-0.15, -0.1) is 0 Å². The van der Waals surface area contributed by atoms with Crippen molar-refractivity contribution in [3.8, 4) is 0 Å². The number of hydrogen-bond donors (Lipinski definition) is 1. The lowest BCUT2D eigenvalue weighted by atomic mass is 9.54. The average Bonchev–Trinajstić information content (AvgIpc) is 3.02. The van der Waals surface area contributed by atoms with Gasteiger partial charge in [-0.3, -0.25) is 9.78 Å². The molecule has 25 heavy (non-hydrogen) atoms. The monoisotopic (exact) mass is 420 g/mol. The number of halogens is 2. The van der Waals surface area contributed by atoms with Gasteiger partial charge < -0.3 is 5.32 Å². The number of pyridine rings is 1. The van der Waals surface area contributed by atoms with Crippen molar-refractivity contribution in [2.45, 2.75) is 48.9 Å². The summed E-state index contributed by atoms with van der Waals surface area (Å²) < 4.78 is 0.380. The predicted molar refractivity (Wildman–Crippen MR) is 103 cm³/mol. The van der Waals surface area contributed by atoms with E-state index in [0.717, 1.165) is 23.6 Å². The lowest BCUT2D eigenvalue weighted by Crippen LogP contribution is -2.59. The van der Waals surface area contributed by atoms with Gasteiger partial charge in [0, 0.05) is 28.5 Å². The molecule has 1 aromatic rings. The second kappa shape index (κ2) is 5.90. The molecule has 132 valence electrons. The van der Waals surface area contributed by atoms with Gasteiger partial charge in [-0.1, -0.05) is 39.7 Å². The molecule has 0 radical (unpaired) electrons. The standard InChI is InChI=1S/C20H22BrClN2O/c21-20-6-11-4-12(7-20)19(13(5-11)8-20)24-10-17(25)15-9-23-16-3-1-2-14(16)18(15)22/h1-2,9,11-13,19,24H,3-8,10H2. The molecule has 0 aliphatic heterocycles. The molecule has 5 heteroatoms. The molecular formula is C20H22BrClN2O. The molecule has 0 aromatic carbocycles. The summed E-state index contributed by atoms with van der Waals surface area (Å²) in [6.07, 6.45) is 13.0. The summed E-state index contributed by atoms with van der Waals surface area (Å²) >= 11 is 10.5. The fraction of sp³-hybridized carbons (Fsp3) is 0.600. The number of rotatable bonds is 4. The molecule has 2 unspecified atom stereocenters. The van der Waals surface area contributed by atoms with Gasteiger partial charge in [0.15, 0.2) is 5.78 Å². The summed E-state index contributed by atoms with van der Waals surface area (Å²) in [7, 11) is 0. The first-order chi connectivity index (χ1) is 12.0. The van der Waals surface area contributed by atoms with Gasteiger partial charge in [-0.05, 0) is 49.9 Å². The molecule has 0 spiro atoms. The van der Waals surface area contributed by atoms with Crippen LogP contribution in [-0.2, 0) is 6.42 Å². The van der Waals surface area contributed by atoms with Crippen LogP contribution in [0.25, 0.3) is 6.08 Å². The molecule has 1 N–H and O–H groups in total. The average molecular weight is 422 g/mol. The van der Waals surface area contributed by atoms with Crippen molar-refractivity contribution in [1.29, 1.82) is 0 Å². The molecule has 5 aliphatic carbocycles. The van der Waals surface area contributed by atoms with Crippen LogP contribution in [0.4, 0.5) is 0 Å². The third kappa shape index (κ3) is 2.72. The molecule has 5 aliphatic rings. The Labute approximate surface area is 161 Å². The van der Waals surface area contributed by atoms with Crippen molar-refractivity contribution in [1.82, 2.24) is 10.3 Å². The van der Waals surface area contributed by atoms with Crippen LogP contribution in [0.2, 0.25) is 5.02 Å². The summed E-state index contributed by atoms with van der Waals surface area (Å²) in [5.41, 5.74) is 2.45. The summed E-state index contributed by atoms with van der Waals surface area (Å²) in [5.74, 6) is 2.35. The highest BCUT2D eigenvalue weighted by Crippen LogP contribution is 2.59. The fourth-order valence-corrected chi connectivity index (χ4v) is 7.54. The molecule has 3 nitrogen and oxygen atoms in total. The Morgan fingerprint density at radius 1 is 1.32 bits per heavy atom. The lowest BCUT2D eigenvalue weighted by molar-refractivity contribution is 0.00569. The number of carbonyl (C=O) groups is 1.